The van der Waals surface area contributed by atoms with E-state index in [1.165, 1.54) is 15.5 Å². The summed E-state index contributed by atoms with van der Waals surface area (Å²) in [4.78, 5) is 0. The third-order valence-electron chi connectivity index (χ3n) is 2.27. The predicted octanol–water partition coefficient (Wildman–Crippen LogP) is 1.84. The molecule has 13 heavy (non-hydrogen) atoms. The van der Waals surface area contributed by atoms with Gasteiger partial charge < -0.3 is 4.59 Å². The molecule has 64 valence electrons. The lowest BCUT2D eigenvalue weighted by atomic mass is 10.1. The lowest BCUT2D eigenvalue weighted by Crippen LogP contribution is -1.93. The Bertz CT molecular complexity index is 445. The minimum absolute atomic E-state index is 0.921. The summed E-state index contributed by atoms with van der Waals surface area (Å²) in [5, 5.41) is 5.42. The number of hydrogen-bond donors (Lipinski definition) is 0. The monoisotopic (exact) mass is 170 g/mol. The number of hydrogen-bond acceptors (Lipinski definition) is 1. The van der Waals surface area contributed by atoms with Gasteiger partial charge in [0.05, 0.1) is 11.2 Å². The van der Waals surface area contributed by atoms with Crippen molar-refractivity contribution < 1.29 is 0 Å². The van der Waals surface area contributed by atoms with Crippen LogP contribution in [-0.4, -0.2) is 17.7 Å². The molecule has 0 aliphatic carbocycles. The van der Waals surface area contributed by atoms with Crippen LogP contribution >= 0.6 is 0 Å². The smallest absolute Gasteiger partial charge is 0.265 e. The summed E-state index contributed by atoms with van der Waals surface area (Å²) in [5.74, 6) is 0. The van der Waals surface area contributed by atoms with Crippen molar-refractivity contribution in [3.05, 3.63) is 29.5 Å². The second-order valence-electron chi connectivity index (χ2n) is 3.27. The summed E-state index contributed by atoms with van der Waals surface area (Å²) in [6.45, 7) is 4.16. The van der Waals surface area contributed by atoms with Gasteiger partial charge in [-0.2, -0.15) is 5.10 Å². The van der Waals surface area contributed by atoms with E-state index in [0.717, 1.165) is 17.6 Å². The van der Waals surface area contributed by atoms with Gasteiger partial charge in [-0.1, -0.05) is 18.6 Å². The SMILES string of the molecule is [B]n1nc(CC)c2cc(C)ccc21. The Balaban J connectivity index is 2.81. The molecule has 1 aromatic heterocycles. The number of aromatic nitrogens is 2. The standard InChI is InChI=1S/C10H11BN2/c1-3-9-8-6-7(2)4-5-10(8)13(11)12-9/h4-6H,3H2,1-2H3. The minimum Gasteiger partial charge on any atom is -0.323 e. The molecule has 0 bridgehead atoms. The fraction of sp³-hybridized carbons (Fsp3) is 0.300. The van der Waals surface area contributed by atoms with Crippen molar-refractivity contribution in [3.63, 3.8) is 0 Å². The van der Waals surface area contributed by atoms with Gasteiger partial charge in [-0.15, -0.1) is 0 Å². The van der Waals surface area contributed by atoms with Crippen LogP contribution < -0.4 is 0 Å². The molecule has 0 aliphatic heterocycles. The summed E-state index contributed by atoms with van der Waals surface area (Å²) in [5.41, 5.74) is 3.32. The first-order valence-electron chi connectivity index (χ1n) is 4.45. The van der Waals surface area contributed by atoms with Crippen molar-refractivity contribution in [2.75, 3.05) is 0 Å². The molecule has 2 nitrogen and oxygen atoms in total. The highest BCUT2D eigenvalue weighted by Crippen LogP contribution is 2.19. The molecular weight excluding hydrogens is 159 g/mol. The largest absolute Gasteiger partial charge is 0.323 e. The van der Waals surface area contributed by atoms with Gasteiger partial charge in [0, 0.05) is 5.39 Å². The van der Waals surface area contributed by atoms with Gasteiger partial charge in [0.2, 0.25) is 0 Å². The van der Waals surface area contributed by atoms with E-state index < -0.39 is 0 Å². The quantitative estimate of drug-likeness (QED) is 0.597. The number of aryl methyl sites for hydroxylation is 2. The minimum atomic E-state index is 0.921. The molecule has 2 radical (unpaired) electrons. The molecular formula is C10H11BN2. The van der Waals surface area contributed by atoms with E-state index in [1.807, 2.05) is 12.1 Å². The third kappa shape index (κ3) is 1.24. The summed E-state index contributed by atoms with van der Waals surface area (Å²) in [6, 6.07) is 6.19. The molecule has 0 saturated carbocycles. The zero-order valence-corrected chi connectivity index (χ0v) is 7.91. The zero-order chi connectivity index (χ0) is 9.42. The Labute approximate surface area is 79.0 Å². The van der Waals surface area contributed by atoms with Crippen LogP contribution in [0.25, 0.3) is 10.9 Å². The Morgan fingerprint density at radius 3 is 2.92 bits per heavy atom. The van der Waals surface area contributed by atoms with Crippen LogP contribution in [0.4, 0.5) is 0 Å². The number of rotatable bonds is 1. The molecule has 0 saturated heterocycles. The Kier molecular flexibility index (Phi) is 1.87. The maximum absolute atomic E-state index is 5.71. The summed E-state index contributed by atoms with van der Waals surface area (Å²) >= 11 is 0. The summed E-state index contributed by atoms with van der Waals surface area (Å²) in [6.07, 6.45) is 0.921. The first kappa shape index (κ1) is 8.36. The zero-order valence-electron chi connectivity index (χ0n) is 7.91. The van der Waals surface area contributed by atoms with Crippen molar-refractivity contribution in [2.24, 2.45) is 0 Å². The van der Waals surface area contributed by atoms with E-state index in [9.17, 15) is 0 Å². The predicted molar refractivity (Wildman–Crippen MR) is 55.0 cm³/mol. The van der Waals surface area contributed by atoms with E-state index in [0.29, 0.717) is 0 Å². The Morgan fingerprint density at radius 2 is 2.23 bits per heavy atom. The average molecular weight is 170 g/mol. The van der Waals surface area contributed by atoms with E-state index >= 15 is 0 Å². The molecule has 0 fully saturated rings. The van der Waals surface area contributed by atoms with Crippen molar-refractivity contribution >= 4 is 18.9 Å². The van der Waals surface area contributed by atoms with Crippen LogP contribution in [0.5, 0.6) is 0 Å². The van der Waals surface area contributed by atoms with Crippen molar-refractivity contribution in [1.82, 2.24) is 9.69 Å². The normalized spacial score (nSPS) is 10.9. The van der Waals surface area contributed by atoms with Crippen molar-refractivity contribution in [3.8, 4) is 0 Å². The topological polar surface area (TPSA) is 17.8 Å². The second-order valence-corrected chi connectivity index (χ2v) is 3.27. The molecule has 0 unspecified atom stereocenters. The second kappa shape index (κ2) is 2.91. The molecule has 1 heterocycles. The van der Waals surface area contributed by atoms with Crippen LogP contribution in [0.15, 0.2) is 18.2 Å². The highest BCUT2D eigenvalue weighted by Gasteiger charge is 2.05. The molecule has 2 rings (SSSR count). The highest BCUT2D eigenvalue weighted by molar-refractivity contribution is 6.10. The van der Waals surface area contributed by atoms with E-state index in [4.69, 9.17) is 7.98 Å². The van der Waals surface area contributed by atoms with Crippen LogP contribution in [0.1, 0.15) is 18.2 Å². The van der Waals surface area contributed by atoms with E-state index in [1.54, 1.807) is 0 Å². The molecule has 0 spiro atoms. The van der Waals surface area contributed by atoms with Gasteiger partial charge in [0.25, 0.3) is 7.98 Å². The van der Waals surface area contributed by atoms with Gasteiger partial charge in [0.1, 0.15) is 0 Å². The van der Waals surface area contributed by atoms with Gasteiger partial charge in [-0.3, -0.25) is 0 Å². The fourth-order valence-electron chi connectivity index (χ4n) is 1.58. The molecule has 0 aliphatic rings. The number of fused-ring (bicyclic) bond motifs is 1. The van der Waals surface area contributed by atoms with Gasteiger partial charge in [-0.25, -0.2) is 0 Å². The van der Waals surface area contributed by atoms with Crippen LogP contribution in [0.2, 0.25) is 0 Å². The first-order chi connectivity index (χ1) is 6.22. The number of benzene rings is 1. The van der Waals surface area contributed by atoms with E-state index in [2.05, 4.69) is 25.0 Å². The number of nitrogens with zero attached hydrogens (tertiary/aromatic N) is 2. The van der Waals surface area contributed by atoms with Crippen LogP contribution in [0.3, 0.4) is 0 Å². The van der Waals surface area contributed by atoms with Crippen molar-refractivity contribution in [1.29, 1.82) is 0 Å². The maximum atomic E-state index is 5.71. The van der Waals surface area contributed by atoms with Crippen molar-refractivity contribution in [2.45, 2.75) is 20.3 Å². The molecule has 3 heteroatoms. The summed E-state index contributed by atoms with van der Waals surface area (Å²) in [7, 11) is 5.71. The molecule has 0 N–H and O–H groups in total. The van der Waals surface area contributed by atoms with Gasteiger partial charge in [-0.05, 0) is 25.5 Å². The Hall–Kier alpha value is -1.25. The summed E-state index contributed by atoms with van der Waals surface area (Å²) < 4.78 is 1.45. The maximum Gasteiger partial charge on any atom is 0.265 e. The molecule has 1 aromatic carbocycles. The van der Waals surface area contributed by atoms with Gasteiger partial charge in [0.15, 0.2) is 0 Å². The lowest BCUT2D eigenvalue weighted by Gasteiger charge is -1.95. The molecule has 2 aromatic rings. The van der Waals surface area contributed by atoms with Crippen LogP contribution in [-0.2, 0) is 6.42 Å². The van der Waals surface area contributed by atoms with E-state index in [-0.39, 0.29) is 0 Å². The Morgan fingerprint density at radius 1 is 1.46 bits per heavy atom. The first-order valence-corrected chi connectivity index (χ1v) is 4.45. The average Bonchev–Trinajstić information content (AvgIpc) is 2.42. The van der Waals surface area contributed by atoms with Crippen LogP contribution in [0, 0.1) is 6.92 Å². The third-order valence-corrected chi connectivity index (χ3v) is 2.27. The lowest BCUT2D eigenvalue weighted by molar-refractivity contribution is 0.937. The fourth-order valence-corrected chi connectivity index (χ4v) is 1.58. The van der Waals surface area contributed by atoms with Gasteiger partial charge >= 0.3 is 0 Å². The molecule has 0 amide bonds. The molecule has 0 atom stereocenters. The highest BCUT2D eigenvalue weighted by atomic mass is 15.2.